The molecular formula is C55H38N8. The van der Waals surface area contributed by atoms with E-state index in [4.69, 9.17) is 9.97 Å². The third-order valence-electron chi connectivity index (χ3n) is 13.0. The lowest BCUT2D eigenvalue weighted by Gasteiger charge is -2.16. The van der Waals surface area contributed by atoms with Gasteiger partial charge in [-0.1, -0.05) is 48.6 Å². The number of allylic oxidation sites excluding steroid dienone is 8. The molecule has 0 radical (unpaired) electrons. The summed E-state index contributed by atoms with van der Waals surface area (Å²) in [5, 5.41) is 2.24. The van der Waals surface area contributed by atoms with E-state index in [0.29, 0.717) is 0 Å². The number of nitrogens with zero attached hydrogens (tertiary/aromatic N) is 8. The topological polar surface area (TPSA) is 87.2 Å². The van der Waals surface area contributed by atoms with Gasteiger partial charge in [-0.25, -0.2) is 19.9 Å². The summed E-state index contributed by atoms with van der Waals surface area (Å²) in [5.41, 5.74) is 20.6. The first-order chi connectivity index (χ1) is 31.2. The summed E-state index contributed by atoms with van der Waals surface area (Å²) >= 11 is 0. The molecule has 8 heteroatoms. The molecule has 0 atom stereocenters. The van der Waals surface area contributed by atoms with Crippen LogP contribution in [0, 0.1) is 0 Å². The minimum Gasteiger partial charge on any atom is -0.308 e. The standard InChI is InChI=1S/C55H38N8/c1-3-11-42(54-58-25-7-26-59-54)40(9-1)36-17-21-48-46(30-36)52-50(13-5-23-56-52)62(48)38-19-15-34-29-35-16-20-39(33-45(35)44(34)32-38)63-49-22-18-37(31-47(49)53-51(63)14-6-24-57-53)41-10-2-4-12-43(41)55-60-27-8-28-61-55/h5-28,30-33H,1-4,29H2. The number of hydrogen-bond donors (Lipinski definition) is 0. The van der Waals surface area contributed by atoms with E-state index in [2.05, 4.69) is 138 Å². The molecule has 0 saturated heterocycles. The second kappa shape index (κ2) is 14.2. The Kier molecular flexibility index (Phi) is 8.06. The highest BCUT2D eigenvalue weighted by molar-refractivity contribution is 6.12. The molecule has 0 bridgehead atoms. The van der Waals surface area contributed by atoms with Crippen molar-refractivity contribution < 1.29 is 0 Å². The molecule has 10 aromatic rings. The van der Waals surface area contributed by atoms with Crippen molar-refractivity contribution >= 4 is 66.2 Å². The van der Waals surface area contributed by atoms with Gasteiger partial charge in [0.2, 0.25) is 0 Å². The van der Waals surface area contributed by atoms with E-state index in [1.807, 2.05) is 61.4 Å². The van der Waals surface area contributed by atoms with Gasteiger partial charge in [0.25, 0.3) is 0 Å². The predicted octanol–water partition coefficient (Wildman–Crippen LogP) is 12.3. The highest BCUT2D eigenvalue weighted by Gasteiger charge is 2.25. The summed E-state index contributed by atoms with van der Waals surface area (Å²) in [6.07, 6.45) is 25.1. The van der Waals surface area contributed by atoms with E-state index in [1.54, 1.807) is 0 Å². The fraction of sp³-hybridized carbons (Fsp3) is 0.0909. The van der Waals surface area contributed by atoms with Crippen molar-refractivity contribution in [3.05, 3.63) is 205 Å². The second-order valence-electron chi connectivity index (χ2n) is 16.5. The number of rotatable bonds is 6. The highest BCUT2D eigenvalue weighted by Crippen LogP contribution is 2.44. The summed E-state index contributed by atoms with van der Waals surface area (Å²) in [6, 6.07) is 39.7. The normalized spacial score (nSPS) is 14.7. The fourth-order valence-electron chi connectivity index (χ4n) is 10.2. The summed E-state index contributed by atoms with van der Waals surface area (Å²) < 4.78 is 4.75. The second-order valence-corrected chi connectivity index (χ2v) is 16.5. The van der Waals surface area contributed by atoms with Crippen LogP contribution in [0.15, 0.2) is 171 Å². The van der Waals surface area contributed by atoms with Crippen LogP contribution in [0.1, 0.15) is 59.6 Å². The van der Waals surface area contributed by atoms with Gasteiger partial charge in [-0.05, 0) is 162 Å². The molecule has 0 amide bonds. The lowest BCUT2D eigenvalue weighted by atomic mass is 9.90. The molecule has 6 heterocycles. The van der Waals surface area contributed by atoms with Gasteiger partial charge in [-0.3, -0.25) is 9.97 Å². The first-order valence-corrected chi connectivity index (χ1v) is 21.7. The van der Waals surface area contributed by atoms with Gasteiger partial charge in [-0.15, -0.1) is 0 Å². The van der Waals surface area contributed by atoms with Gasteiger partial charge in [0, 0.05) is 70.5 Å². The lowest BCUT2D eigenvalue weighted by Crippen LogP contribution is -2.00. The Hall–Kier alpha value is -8.10. The monoisotopic (exact) mass is 810 g/mol. The van der Waals surface area contributed by atoms with Crippen LogP contribution in [0.4, 0.5) is 0 Å². The van der Waals surface area contributed by atoms with Crippen LogP contribution in [0.2, 0.25) is 0 Å². The molecule has 4 aromatic carbocycles. The van der Waals surface area contributed by atoms with Crippen LogP contribution < -0.4 is 0 Å². The van der Waals surface area contributed by atoms with Gasteiger partial charge in [0.1, 0.15) is 0 Å². The maximum absolute atomic E-state index is 4.97. The third kappa shape index (κ3) is 5.68. The van der Waals surface area contributed by atoms with E-state index >= 15 is 0 Å². The smallest absolute Gasteiger partial charge is 0.159 e. The zero-order valence-electron chi connectivity index (χ0n) is 34.3. The molecule has 298 valence electrons. The summed E-state index contributed by atoms with van der Waals surface area (Å²) in [5.74, 6) is 1.52. The van der Waals surface area contributed by atoms with Crippen LogP contribution in [-0.4, -0.2) is 39.0 Å². The summed E-state index contributed by atoms with van der Waals surface area (Å²) in [6.45, 7) is 0. The van der Waals surface area contributed by atoms with Crippen molar-refractivity contribution in [2.45, 2.75) is 32.1 Å². The van der Waals surface area contributed by atoms with Crippen LogP contribution in [0.5, 0.6) is 0 Å². The Morgan fingerprint density at radius 1 is 0.365 bits per heavy atom. The lowest BCUT2D eigenvalue weighted by molar-refractivity contribution is 1.03. The van der Waals surface area contributed by atoms with Crippen molar-refractivity contribution in [1.29, 1.82) is 0 Å². The molecule has 8 nitrogen and oxygen atoms in total. The average molecular weight is 811 g/mol. The Balaban J connectivity index is 0.910. The molecule has 0 fully saturated rings. The Morgan fingerprint density at radius 3 is 1.25 bits per heavy atom. The van der Waals surface area contributed by atoms with Crippen molar-refractivity contribution in [2.24, 2.45) is 0 Å². The van der Waals surface area contributed by atoms with Crippen LogP contribution in [-0.2, 0) is 6.42 Å². The maximum Gasteiger partial charge on any atom is 0.159 e. The zero-order chi connectivity index (χ0) is 41.4. The van der Waals surface area contributed by atoms with Gasteiger partial charge in [-0.2, -0.15) is 0 Å². The van der Waals surface area contributed by atoms with Gasteiger partial charge in [0.15, 0.2) is 11.6 Å². The molecule has 63 heavy (non-hydrogen) atoms. The van der Waals surface area contributed by atoms with Crippen LogP contribution in [0.25, 0.3) is 88.7 Å². The molecule has 0 spiro atoms. The molecule has 0 aliphatic heterocycles. The predicted molar refractivity (Wildman–Crippen MR) is 253 cm³/mol. The number of aromatic nitrogens is 8. The van der Waals surface area contributed by atoms with Crippen molar-refractivity contribution in [1.82, 2.24) is 39.0 Å². The summed E-state index contributed by atoms with van der Waals surface area (Å²) in [7, 11) is 0. The maximum atomic E-state index is 4.97. The van der Waals surface area contributed by atoms with E-state index in [0.717, 1.165) is 121 Å². The first-order valence-electron chi connectivity index (χ1n) is 21.7. The number of hydrogen-bond acceptors (Lipinski definition) is 6. The van der Waals surface area contributed by atoms with E-state index < -0.39 is 0 Å². The summed E-state index contributed by atoms with van der Waals surface area (Å²) in [4.78, 5) is 28.4. The molecular weight excluding hydrogens is 773 g/mol. The minimum atomic E-state index is 0.758. The molecule has 0 N–H and O–H groups in total. The molecule has 3 aliphatic carbocycles. The average Bonchev–Trinajstić information content (AvgIpc) is 4.01. The zero-order valence-corrected chi connectivity index (χ0v) is 34.3. The van der Waals surface area contributed by atoms with Crippen molar-refractivity contribution in [3.8, 4) is 22.5 Å². The Labute approximate surface area is 363 Å². The number of benzene rings is 4. The quantitative estimate of drug-likeness (QED) is 0.166. The van der Waals surface area contributed by atoms with E-state index in [-0.39, 0.29) is 0 Å². The fourth-order valence-corrected chi connectivity index (χ4v) is 10.2. The molecule has 13 rings (SSSR count). The first kappa shape index (κ1) is 35.6. The largest absolute Gasteiger partial charge is 0.308 e. The van der Waals surface area contributed by atoms with E-state index in [9.17, 15) is 0 Å². The Morgan fingerprint density at radius 2 is 0.794 bits per heavy atom. The molecule has 0 unspecified atom stereocenters. The molecule has 3 aliphatic rings. The third-order valence-corrected chi connectivity index (χ3v) is 13.0. The van der Waals surface area contributed by atoms with Crippen molar-refractivity contribution in [2.75, 3.05) is 0 Å². The van der Waals surface area contributed by atoms with Gasteiger partial charge < -0.3 is 9.13 Å². The SMILES string of the molecule is C1=C(c2ccc3c(c2)c2ncccc2n3-c2ccc3c(c2)-c2cc(-n4c5ccc(C6=CCCC=C6c6ncccn6)cc5c5ncccc54)ccc2C3)C(c2ncccn2)=CCC1. The van der Waals surface area contributed by atoms with Crippen LogP contribution >= 0.6 is 0 Å². The van der Waals surface area contributed by atoms with Gasteiger partial charge in [0.05, 0.1) is 33.1 Å². The van der Waals surface area contributed by atoms with Crippen molar-refractivity contribution in [3.63, 3.8) is 0 Å². The highest BCUT2D eigenvalue weighted by atomic mass is 15.0. The van der Waals surface area contributed by atoms with Gasteiger partial charge >= 0.3 is 0 Å². The minimum absolute atomic E-state index is 0.758. The molecule has 0 saturated carbocycles. The molecule has 6 aromatic heterocycles. The van der Waals surface area contributed by atoms with Crippen LogP contribution in [0.3, 0.4) is 0 Å². The number of fused-ring (bicyclic) bond motifs is 9. The Bertz CT molecular complexity index is 3400. The van der Waals surface area contributed by atoms with E-state index in [1.165, 1.54) is 33.4 Å². The number of pyridine rings is 2.